The van der Waals surface area contributed by atoms with Gasteiger partial charge in [0.05, 0.1) is 6.61 Å². The molecule has 0 aromatic heterocycles. The van der Waals surface area contributed by atoms with E-state index in [0.717, 1.165) is 48.5 Å². The fraction of sp³-hybridized carbons (Fsp3) is 0.731. The van der Waals surface area contributed by atoms with Crippen molar-refractivity contribution < 1.29 is 86.0 Å². The van der Waals surface area contributed by atoms with Gasteiger partial charge in [-0.2, -0.15) is 0 Å². The molecule has 2 heterocycles. The summed E-state index contributed by atoms with van der Waals surface area (Å²) in [6, 6.07) is 0. The van der Waals surface area contributed by atoms with Gasteiger partial charge >= 0.3 is 41.8 Å². The lowest BCUT2D eigenvalue weighted by Gasteiger charge is -2.48. The first-order valence-electron chi connectivity index (χ1n) is 13.3. The maximum atomic E-state index is 12.2. The Bertz CT molecular complexity index is 1090. The van der Waals surface area contributed by atoms with Crippen molar-refractivity contribution in [2.45, 2.75) is 110 Å². The van der Waals surface area contributed by atoms with Crippen molar-refractivity contribution in [3.05, 3.63) is 0 Å². The van der Waals surface area contributed by atoms with Crippen LogP contribution in [0.5, 0.6) is 0 Å². The first-order valence-corrected chi connectivity index (χ1v) is 13.3. The van der Waals surface area contributed by atoms with Crippen LogP contribution in [0.2, 0.25) is 0 Å². The first-order chi connectivity index (χ1) is 20.5. The van der Waals surface area contributed by atoms with E-state index in [0.29, 0.717) is 0 Å². The molecule has 2 rings (SSSR count). The average Bonchev–Trinajstić information content (AvgIpc) is 2.87. The van der Waals surface area contributed by atoms with Crippen molar-refractivity contribution in [3.63, 3.8) is 0 Å². The molecule has 2 saturated heterocycles. The van der Waals surface area contributed by atoms with E-state index in [1.807, 2.05) is 0 Å². The summed E-state index contributed by atoms with van der Waals surface area (Å²) in [6.45, 7) is 5.81. The molecule has 0 unspecified atom stereocenters. The Labute approximate surface area is 251 Å². The molecule has 2 fully saturated rings. The molecule has 2 aliphatic heterocycles. The van der Waals surface area contributed by atoms with Crippen molar-refractivity contribution in [2.24, 2.45) is 0 Å². The minimum Gasteiger partial charge on any atom is -0.463 e. The summed E-state index contributed by atoms with van der Waals surface area (Å²) in [5.41, 5.74) is 0. The molecule has 248 valence electrons. The fourth-order valence-electron chi connectivity index (χ4n) is 4.54. The van der Waals surface area contributed by atoms with Gasteiger partial charge in [-0.05, 0) is 0 Å². The zero-order valence-corrected chi connectivity index (χ0v) is 25.1. The molecule has 0 aromatic carbocycles. The summed E-state index contributed by atoms with van der Waals surface area (Å²) < 4.78 is 54.4. The highest BCUT2D eigenvalue weighted by Crippen LogP contribution is 2.35. The third-order valence-electron chi connectivity index (χ3n) is 5.90. The summed E-state index contributed by atoms with van der Waals surface area (Å²) in [5, 5.41) is 10.2. The summed E-state index contributed by atoms with van der Waals surface area (Å²) in [7, 11) is 0. The molecular weight excluding hydrogens is 600 g/mol. The number of hydrogen-bond donors (Lipinski definition) is 1. The van der Waals surface area contributed by atoms with Gasteiger partial charge in [0.25, 0.3) is 0 Å². The van der Waals surface area contributed by atoms with Gasteiger partial charge in [-0.3, -0.25) is 33.6 Å². The Morgan fingerprint density at radius 3 is 1.30 bits per heavy atom. The molecule has 2 aliphatic rings. The number of aliphatic hydroxyl groups excluding tert-OH is 1. The van der Waals surface area contributed by atoms with Gasteiger partial charge in [0.1, 0.15) is 24.9 Å². The third-order valence-corrected chi connectivity index (χ3v) is 5.90. The third kappa shape index (κ3) is 10.4. The first kappa shape index (κ1) is 36.3. The van der Waals surface area contributed by atoms with Gasteiger partial charge in [0.2, 0.25) is 12.4 Å². The van der Waals surface area contributed by atoms with Gasteiger partial charge in [-0.25, -0.2) is 0 Å². The molecular formula is C26H36O18. The van der Waals surface area contributed by atoms with Gasteiger partial charge < -0.3 is 52.5 Å². The Kier molecular flexibility index (Phi) is 13.4. The quantitative estimate of drug-likeness (QED) is 0.203. The molecule has 1 N–H and O–H groups in total. The van der Waals surface area contributed by atoms with Crippen molar-refractivity contribution in [1.29, 1.82) is 0 Å². The summed E-state index contributed by atoms with van der Waals surface area (Å²) in [4.78, 5) is 83.7. The van der Waals surface area contributed by atoms with Gasteiger partial charge in [0, 0.05) is 48.5 Å². The Balaban J connectivity index is 2.65. The van der Waals surface area contributed by atoms with Crippen LogP contribution in [0.15, 0.2) is 0 Å². The van der Waals surface area contributed by atoms with E-state index in [1.54, 1.807) is 0 Å². The van der Waals surface area contributed by atoms with Crippen molar-refractivity contribution in [2.75, 3.05) is 13.2 Å². The number of carbonyl (C=O) groups excluding carboxylic acids is 7. The van der Waals surface area contributed by atoms with E-state index in [1.165, 1.54) is 0 Å². The number of ether oxygens (including phenoxy) is 10. The van der Waals surface area contributed by atoms with Crippen LogP contribution in [0.25, 0.3) is 0 Å². The zero-order chi connectivity index (χ0) is 33.3. The number of carbonyl (C=O) groups is 7. The van der Waals surface area contributed by atoms with Crippen LogP contribution in [-0.4, -0.2) is 122 Å². The second-order valence-electron chi connectivity index (χ2n) is 9.65. The van der Waals surface area contributed by atoms with E-state index >= 15 is 0 Å². The van der Waals surface area contributed by atoms with Gasteiger partial charge in [0.15, 0.2) is 30.7 Å². The summed E-state index contributed by atoms with van der Waals surface area (Å²) >= 11 is 0. The number of hydrogen-bond acceptors (Lipinski definition) is 18. The lowest BCUT2D eigenvalue weighted by molar-refractivity contribution is -0.357. The molecule has 0 aliphatic carbocycles. The van der Waals surface area contributed by atoms with E-state index in [4.69, 9.17) is 47.4 Å². The van der Waals surface area contributed by atoms with E-state index in [9.17, 15) is 38.7 Å². The zero-order valence-electron chi connectivity index (χ0n) is 25.1. The highest BCUT2D eigenvalue weighted by Gasteiger charge is 2.57. The van der Waals surface area contributed by atoms with E-state index < -0.39 is 116 Å². The minimum atomic E-state index is -1.79. The van der Waals surface area contributed by atoms with Crippen molar-refractivity contribution in [1.82, 2.24) is 0 Å². The van der Waals surface area contributed by atoms with Crippen LogP contribution in [0, 0.1) is 0 Å². The van der Waals surface area contributed by atoms with Crippen molar-refractivity contribution >= 4 is 41.8 Å². The summed E-state index contributed by atoms with van der Waals surface area (Å²) in [5.74, 6) is -6.13. The molecule has 44 heavy (non-hydrogen) atoms. The van der Waals surface area contributed by atoms with Crippen LogP contribution in [0.1, 0.15) is 48.5 Å². The van der Waals surface area contributed by atoms with E-state index in [2.05, 4.69) is 0 Å². The molecule has 18 nitrogen and oxygen atoms in total. The molecule has 0 aromatic rings. The fourth-order valence-corrected chi connectivity index (χ4v) is 4.54. The smallest absolute Gasteiger partial charge is 0.305 e. The lowest BCUT2D eigenvalue weighted by atomic mass is 9.96. The van der Waals surface area contributed by atoms with Gasteiger partial charge in [-0.15, -0.1) is 0 Å². The van der Waals surface area contributed by atoms with Gasteiger partial charge in [-0.1, -0.05) is 0 Å². The second-order valence-corrected chi connectivity index (χ2v) is 9.65. The molecule has 10 atom stereocenters. The topological polar surface area (TPSA) is 232 Å². The maximum Gasteiger partial charge on any atom is 0.305 e. The van der Waals surface area contributed by atoms with Crippen LogP contribution >= 0.6 is 0 Å². The molecule has 0 amide bonds. The van der Waals surface area contributed by atoms with E-state index in [-0.39, 0.29) is 0 Å². The normalized spacial score (nSPS) is 31.5. The molecule has 0 bridgehead atoms. The van der Waals surface area contributed by atoms with Crippen molar-refractivity contribution in [3.8, 4) is 0 Å². The Morgan fingerprint density at radius 2 is 0.864 bits per heavy atom. The second kappa shape index (κ2) is 16.3. The molecule has 0 spiro atoms. The largest absolute Gasteiger partial charge is 0.463 e. The highest BCUT2D eigenvalue weighted by atomic mass is 16.8. The Morgan fingerprint density at radius 1 is 0.477 bits per heavy atom. The van der Waals surface area contributed by atoms with Crippen LogP contribution in [-0.2, 0) is 80.9 Å². The maximum absolute atomic E-state index is 12.2. The summed E-state index contributed by atoms with van der Waals surface area (Å²) in [6.07, 6.45) is -16.0. The van der Waals surface area contributed by atoms with Crippen LogP contribution in [0.4, 0.5) is 0 Å². The SMILES string of the molecule is CC(=O)OC[C@@H]1O[C@H](O[C@H]2[C@H](OC(C)=O)[C@@H](OC(C)=O)[C@H](OC(C)=O)O[C@@H]2CO)[C@H](OC(C)=O)[C@@H](OC(C)=O)[C@@H]1OC(C)=O. The number of esters is 7. The Hall–Kier alpha value is -3.87. The highest BCUT2D eigenvalue weighted by molar-refractivity contribution is 5.69. The molecule has 18 heteroatoms. The predicted octanol–water partition coefficient (Wildman–Crippen LogP) is -1.40. The standard InChI is InChI=1S/C26H36O18/c1-10(28)35-9-18-20(36-11(2)29)22(38-13(4)31)24(40-15(6)33)26(43-18)44-19-17(8-27)42-25(41-16(7)34)23(39-14(5)32)21(19)37-12(3)30/h17-27H,8-9H2,1-7H3/t17-,18+,19-,20-,21+,22+,23-,24-,25-,26-/m1/s1. The molecule has 0 radical (unpaired) electrons. The predicted molar refractivity (Wildman–Crippen MR) is 135 cm³/mol. The molecule has 0 saturated carbocycles. The number of aliphatic hydroxyl groups is 1. The monoisotopic (exact) mass is 636 g/mol. The minimum absolute atomic E-state index is 0.569. The van der Waals surface area contributed by atoms with Crippen LogP contribution in [0.3, 0.4) is 0 Å². The van der Waals surface area contributed by atoms with Crippen LogP contribution < -0.4 is 0 Å². The average molecular weight is 637 g/mol. The lowest BCUT2D eigenvalue weighted by Crippen LogP contribution is -2.67. The number of rotatable bonds is 11.